The molecule has 0 radical (unpaired) electrons. The SMILES string of the molecule is COc1cc(CN)ccc1S(=O)(=O)N1CCCCCCC1. The first kappa shape index (κ1) is 16.3. The van der Waals surface area contributed by atoms with E-state index in [1.54, 1.807) is 22.5 Å². The fourth-order valence-corrected chi connectivity index (χ4v) is 4.30. The third-order valence-electron chi connectivity index (χ3n) is 3.90. The standard InChI is InChI=1S/C15H24N2O3S/c1-20-14-11-13(12-16)7-8-15(14)21(18,19)17-9-5-3-2-4-6-10-17/h7-8,11H,2-6,9-10,12,16H2,1H3. The Labute approximate surface area is 127 Å². The zero-order chi connectivity index (χ0) is 15.3. The number of hydrogen-bond acceptors (Lipinski definition) is 4. The Morgan fingerprint density at radius 2 is 1.76 bits per heavy atom. The summed E-state index contributed by atoms with van der Waals surface area (Å²) in [5, 5.41) is 0. The molecule has 0 amide bonds. The fraction of sp³-hybridized carbons (Fsp3) is 0.600. The van der Waals surface area contributed by atoms with Crippen LogP contribution in [0.3, 0.4) is 0 Å². The minimum absolute atomic E-state index is 0.239. The monoisotopic (exact) mass is 312 g/mol. The maximum atomic E-state index is 12.8. The Kier molecular flexibility index (Phi) is 5.61. The maximum absolute atomic E-state index is 12.8. The number of ether oxygens (including phenoxy) is 1. The number of rotatable bonds is 4. The molecule has 2 N–H and O–H groups in total. The number of hydrogen-bond donors (Lipinski definition) is 1. The van der Waals surface area contributed by atoms with Crippen molar-refractivity contribution in [3.05, 3.63) is 23.8 Å². The topological polar surface area (TPSA) is 72.6 Å². The molecule has 0 unspecified atom stereocenters. The van der Waals surface area contributed by atoms with E-state index in [2.05, 4.69) is 0 Å². The smallest absolute Gasteiger partial charge is 0.246 e. The molecule has 0 aromatic heterocycles. The highest BCUT2D eigenvalue weighted by atomic mass is 32.2. The Balaban J connectivity index is 2.33. The van der Waals surface area contributed by atoms with Gasteiger partial charge in [0.2, 0.25) is 10.0 Å². The molecule has 5 nitrogen and oxygen atoms in total. The van der Waals surface area contributed by atoms with Gasteiger partial charge in [0, 0.05) is 19.6 Å². The number of sulfonamides is 1. The highest BCUT2D eigenvalue weighted by molar-refractivity contribution is 7.89. The zero-order valence-electron chi connectivity index (χ0n) is 12.5. The van der Waals surface area contributed by atoms with Crippen LogP contribution in [0.15, 0.2) is 23.1 Å². The molecule has 0 bridgehead atoms. The molecule has 1 heterocycles. The minimum Gasteiger partial charge on any atom is -0.495 e. The van der Waals surface area contributed by atoms with Crippen molar-refractivity contribution in [2.75, 3.05) is 20.2 Å². The molecule has 1 saturated heterocycles. The number of methoxy groups -OCH3 is 1. The van der Waals surface area contributed by atoms with Gasteiger partial charge in [-0.25, -0.2) is 8.42 Å². The summed E-state index contributed by atoms with van der Waals surface area (Å²) in [4.78, 5) is 0.239. The van der Waals surface area contributed by atoms with Crippen molar-refractivity contribution in [2.45, 2.75) is 43.5 Å². The fourth-order valence-electron chi connectivity index (χ4n) is 2.65. The molecule has 0 spiro atoms. The molecule has 0 atom stereocenters. The highest BCUT2D eigenvalue weighted by Crippen LogP contribution is 2.29. The Hall–Kier alpha value is -1.11. The molecule has 1 aromatic rings. The average Bonchev–Trinajstić information content (AvgIpc) is 2.45. The first-order valence-corrected chi connectivity index (χ1v) is 8.90. The zero-order valence-corrected chi connectivity index (χ0v) is 13.4. The van der Waals surface area contributed by atoms with E-state index in [1.165, 1.54) is 13.5 Å². The van der Waals surface area contributed by atoms with Crippen molar-refractivity contribution < 1.29 is 13.2 Å². The van der Waals surface area contributed by atoms with Crippen LogP contribution < -0.4 is 10.5 Å². The molecule has 1 aromatic carbocycles. The lowest BCUT2D eigenvalue weighted by molar-refractivity contribution is 0.358. The summed E-state index contributed by atoms with van der Waals surface area (Å²) in [6.07, 6.45) is 5.22. The first-order valence-electron chi connectivity index (χ1n) is 7.46. The van der Waals surface area contributed by atoms with E-state index >= 15 is 0 Å². The van der Waals surface area contributed by atoms with Crippen LogP contribution in [0.5, 0.6) is 5.75 Å². The number of nitrogens with two attached hydrogens (primary N) is 1. The highest BCUT2D eigenvalue weighted by Gasteiger charge is 2.27. The van der Waals surface area contributed by atoms with Gasteiger partial charge in [0.25, 0.3) is 0 Å². The second-order valence-electron chi connectivity index (χ2n) is 5.36. The van der Waals surface area contributed by atoms with Gasteiger partial charge in [0.05, 0.1) is 7.11 Å². The lowest BCUT2D eigenvalue weighted by Crippen LogP contribution is -2.34. The second kappa shape index (κ2) is 7.24. The quantitative estimate of drug-likeness (QED) is 0.924. The third-order valence-corrected chi connectivity index (χ3v) is 5.83. The third kappa shape index (κ3) is 3.75. The van der Waals surface area contributed by atoms with E-state index in [0.717, 1.165) is 31.2 Å². The first-order chi connectivity index (χ1) is 10.1. The summed E-state index contributed by atoms with van der Waals surface area (Å²) in [6, 6.07) is 5.06. The predicted molar refractivity (Wildman–Crippen MR) is 82.7 cm³/mol. The van der Waals surface area contributed by atoms with Crippen LogP contribution in [0.1, 0.15) is 37.7 Å². The Morgan fingerprint density at radius 1 is 1.14 bits per heavy atom. The van der Waals surface area contributed by atoms with Gasteiger partial charge in [-0.2, -0.15) is 4.31 Å². The molecule has 1 fully saturated rings. The van der Waals surface area contributed by atoms with Crippen molar-refractivity contribution in [2.24, 2.45) is 5.73 Å². The van der Waals surface area contributed by atoms with Crippen LogP contribution in [0.2, 0.25) is 0 Å². The van der Waals surface area contributed by atoms with Crippen LogP contribution in [0.4, 0.5) is 0 Å². The van der Waals surface area contributed by atoms with E-state index < -0.39 is 10.0 Å². The van der Waals surface area contributed by atoms with Gasteiger partial charge >= 0.3 is 0 Å². The van der Waals surface area contributed by atoms with E-state index in [9.17, 15) is 8.42 Å². The predicted octanol–water partition coefficient (Wildman–Crippen LogP) is 2.11. The van der Waals surface area contributed by atoms with Crippen LogP contribution in [-0.4, -0.2) is 32.9 Å². The summed E-state index contributed by atoms with van der Waals surface area (Å²) in [6.45, 7) is 1.54. The molecule has 1 aliphatic rings. The lowest BCUT2D eigenvalue weighted by Gasteiger charge is -2.25. The molecule has 2 rings (SSSR count). The van der Waals surface area contributed by atoms with Crippen molar-refractivity contribution >= 4 is 10.0 Å². The van der Waals surface area contributed by atoms with Crippen LogP contribution in [0.25, 0.3) is 0 Å². The summed E-state index contributed by atoms with van der Waals surface area (Å²) in [5.41, 5.74) is 6.46. The van der Waals surface area contributed by atoms with Crippen LogP contribution in [0, 0.1) is 0 Å². The van der Waals surface area contributed by atoms with E-state index in [0.29, 0.717) is 25.4 Å². The molecule has 1 aliphatic heterocycles. The molecular formula is C15H24N2O3S. The average molecular weight is 312 g/mol. The maximum Gasteiger partial charge on any atom is 0.246 e. The summed E-state index contributed by atoms with van der Waals surface area (Å²) < 4.78 is 32.5. The van der Waals surface area contributed by atoms with Crippen molar-refractivity contribution in [3.63, 3.8) is 0 Å². The van der Waals surface area contributed by atoms with Crippen LogP contribution >= 0.6 is 0 Å². The van der Waals surface area contributed by atoms with E-state index in [4.69, 9.17) is 10.5 Å². The minimum atomic E-state index is -3.50. The molecule has 0 aliphatic carbocycles. The second-order valence-corrected chi connectivity index (χ2v) is 7.27. The molecular weight excluding hydrogens is 288 g/mol. The molecule has 21 heavy (non-hydrogen) atoms. The summed E-state index contributed by atoms with van der Waals surface area (Å²) in [7, 11) is -2.01. The van der Waals surface area contributed by atoms with Gasteiger partial charge in [0.15, 0.2) is 0 Å². The van der Waals surface area contributed by atoms with E-state index in [1.807, 2.05) is 0 Å². The van der Waals surface area contributed by atoms with Crippen molar-refractivity contribution in [3.8, 4) is 5.75 Å². The van der Waals surface area contributed by atoms with Crippen LogP contribution in [-0.2, 0) is 16.6 Å². The Morgan fingerprint density at radius 3 is 2.33 bits per heavy atom. The van der Waals surface area contributed by atoms with Gasteiger partial charge < -0.3 is 10.5 Å². The van der Waals surface area contributed by atoms with Crippen molar-refractivity contribution in [1.29, 1.82) is 0 Å². The summed E-state index contributed by atoms with van der Waals surface area (Å²) >= 11 is 0. The molecule has 6 heteroatoms. The number of nitrogens with zero attached hydrogens (tertiary/aromatic N) is 1. The van der Waals surface area contributed by atoms with E-state index in [-0.39, 0.29) is 4.90 Å². The Bertz CT molecular complexity index is 564. The van der Waals surface area contributed by atoms with Gasteiger partial charge in [0.1, 0.15) is 10.6 Å². The normalized spacial score (nSPS) is 18.0. The van der Waals surface area contributed by atoms with Gasteiger partial charge in [-0.3, -0.25) is 0 Å². The number of benzene rings is 1. The largest absolute Gasteiger partial charge is 0.495 e. The molecule has 118 valence electrons. The van der Waals surface area contributed by atoms with Gasteiger partial charge in [-0.15, -0.1) is 0 Å². The van der Waals surface area contributed by atoms with Crippen molar-refractivity contribution in [1.82, 2.24) is 4.31 Å². The molecule has 0 saturated carbocycles. The van der Waals surface area contributed by atoms with Gasteiger partial charge in [-0.1, -0.05) is 25.3 Å². The lowest BCUT2D eigenvalue weighted by atomic mass is 10.1. The summed E-state index contributed by atoms with van der Waals surface area (Å²) in [5.74, 6) is 0.375. The van der Waals surface area contributed by atoms with Gasteiger partial charge in [-0.05, 0) is 30.5 Å².